The first-order valence-corrected chi connectivity index (χ1v) is 12.3. The van der Waals surface area contributed by atoms with Crippen LogP contribution in [0.1, 0.15) is 28.8 Å². The highest BCUT2D eigenvalue weighted by atomic mass is 35.5. The summed E-state index contributed by atoms with van der Waals surface area (Å²) >= 11 is 12.2. The molecule has 8 heteroatoms. The van der Waals surface area contributed by atoms with Gasteiger partial charge in [0.15, 0.2) is 0 Å². The van der Waals surface area contributed by atoms with E-state index in [4.69, 9.17) is 23.2 Å². The number of amides is 1. The Balaban J connectivity index is 1.34. The standard InChI is InChI=1S/C25H31Cl2N5O/c26-20-6-3-18(23(27)16-20)9-11-30-25(33)19-4-7-21(8-5-19)31-24(17-22-2-1-10-29-22)32-14-12-28-13-15-32/h3-8,16-17,22,28-29,31H,1-2,9-15H2,(H,30,33)/b24-17-. The predicted octanol–water partition coefficient (Wildman–Crippen LogP) is 3.88. The minimum Gasteiger partial charge on any atom is -0.356 e. The first kappa shape index (κ1) is 23.9. The first-order chi connectivity index (χ1) is 16.1. The molecule has 33 heavy (non-hydrogen) atoms. The summed E-state index contributed by atoms with van der Waals surface area (Å²) in [5.74, 6) is 1.03. The molecule has 0 aromatic heterocycles. The van der Waals surface area contributed by atoms with Crippen LogP contribution in [0.3, 0.4) is 0 Å². The Kier molecular flexibility index (Phi) is 8.51. The van der Waals surface area contributed by atoms with E-state index in [2.05, 4.69) is 32.2 Å². The van der Waals surface area contributed by atoms with Gasteiger partial charge in [-0.1, -0.05) is 29.3 Å². The Hall–Kier alpha value is -2.25. The molecule has 2 aromatic carbocycles. The number of rotatable bonds is 8. The molecule has 2 aliphatic rings. The van der Waals surface area contributed by atoms with Gasteiger partial charge in [-0.3, -0.25) is 4.79 Å². The highest BCUT2D eigenvalue weighted by molar-refractivity contribution is 6.35. The number of carbonyl (C=O) groups excluding carboxylic acids is 1. The fourth-order valence-corrected chi connectivity index (χ4v) is 4.67. The van der Waals surface area contributed by atoms with Crippen molar-refractivity contribution in [3.05, 3.63) is 75.5 Å². The maximum absolute atomic E-state index is 12.6. The van der Waals surface area contributed by atoms with Gasteiger partial charge in [-0.15, -0.1) is 0 Å². The van der Waals surface area contributed by atoms with Crippen molar-refractivity contribution in [3.63, 3.8) is 0 Å². The van der Waals surface area contributed by atoms with Crippen molar-refractivity contribution in [2.24, 2.45) is 0 Å². The zero-order chi connectivity index (χ0) is 23.0. The van der Waals surface area contributed by atoms with E-state index in [9.17, 15) is 4.79 Å². The number of hydrogen-bond donors (Lipinski definition) is 4. The van der Waals surface area contributed by atoms with Gasteiger partial charge in [0.2, 0.25) is 0 Å². The molecule has 2 heterocycles. The number of nitrogens with one attached hydrogen (secondary N) is 4. The smallest absolute Gasteiger partial charge is 0.251 e. The minimum atomic E-state index is -0.0975. The molecule has 1 amide bonds. The number of hydrogen-bond acceptors (Lipinski definition) is 5. The summed E-state index contributed by atoms with van der Waals surface area (Å²) in [5.41, 5.74) is 2.57. The van der Waals surface area contributed by atoms with Crippen LogP contribution in [0, 0.1) is 0 Å². The number of carbonyl (C=O) groups is 1. The lowest BCUT2D eigenvalue weighted by molar-refractivity contribution is 0.0954. The molecule has 0 saturated carbocycles. The molecule has 2 aromatic rings. The summed E-state index contributed by atoms with van der Waals surface area (Å²) in [7, 11) is 0. The maximum atomic E-state index is 12.6. The Morgan fingerprint density at radius 3 is 2.58 bits per heavy atom. The van der Waals surface area contributed by atoms with Crippen molar-refractivity contribution >= 4 is 34.8 Å². The highest BCUT2D eigenvalue weighted by Crippen LogP contribution is 2.21. The summed E-state index contributed by atoms with van der Waals surface area (Å²) in [6, 6.07) is 13.5. The minimum absolute atomic E-state index is 0.0975. The summed E-state index contributed by atoms with van der Waals surface area (Å²) in [6.07, 6.45) is 5.33. The van der Waals surface area contributed by atoms with Crippen molar-refractivity contribution in [1.82, 2.24) is 20.9 Å². The number of piperazine rings is 1. The molecule has 0 spiro atoms. The van der Waals surface area contributed by atoms with Gasteiger partial charge in [-0.2, -0.15) is 0 Å². The van der Waals surface area contributed by atoms with Crippen LogP contribution in [-0.2, 0) is 6.42 Å². The lowest BCUT2D eigenvalue weighted by Gasteiger charge is -2.32. The fraction of sp³-hybridized carbons (Fsp3) is 0.400. The van der Waals surface area contributed by atoms with Crippen LogP contribution in [0.15, 0.2) is 54.4 Å². The van der Waals surface area contributed by atoms with E-state index < -0.39 is 0 Å². The van der Waals surface area contributed by atoms with Crippen molar-refractivity contribution in [1.29, 1.82) is 0 Å². The van der Waals surface area contributed by atoms with Crippen LogP contribution in [-0.4, -0.2) is 56.1 Å². The van der Waals surface area contributed by atoms with E-state index >= 15 is 0 Å². The monoisotopic (exact) mass is 487 g/mol. The summed E-state index contributed by atoms with van der Waals surface area (Å²) in [4.78, 5) is 15.0. The van der Waals surface area contributed by atoms with E-state index in [1.165, 1.54) is 6.42 Å². The molecular formula is C25H31Cl2N5O. The second-order valence-corrected chi connectivity index (χ2v) is 9.28. The molecule has 4 N–H and O–H groups in total. The number of anilines is 1. The summed E-state index contributed by atoms with van der Waals surface area (Å²) < 4.78 is 0. The third kappa shape index (κ3) is 6.87. The van der Waals surface area contributed by atoms with E-state index in [0.29, 0.717) is 34.6 Å². The Bertz CT molecular complexity index is 967. The van der Waals surface area contributed by atoms with Crippen LogP contribution < -0.4 is 21.3 Å². The van der Waals surface area contributed by atoms with Gasteiger partial charge in [-0.25, -0.2) is 0 Å². The van der Waals surface area contributed by atoms with Crippen LogP contribution in [0.5, 0.6) is 0 Å². The third-order valence-corrected chi connectivity index (χ3v) is 6.62. The Morgan fingerprint density at radius 2 is 1.88 bits per heavy atom. The molecule has 0 radical (unpaired) electrons. The van der Waals surface area contributed by atoms with Crippen LogP contribution in [0.25, 0.3) is 0 Å². The van der Waals surface area contributed by atoms with Crippen molar-refractivity contribution in [2.45, 2.75) is 25.3 Å². The molecule has 0 bridgehead atoms. The maximum Gasteiger partial charge on any atom is 0.251 e. The normalized spacial score (nSPS) is 18.9. The van der Waals surface area contributed by atoms with Crippen molar-refractivity contribution in [3.8, 4) is 0 Å². The molecule has 1 atom stereocenters. The van der Waals surface area contributed by atoms with Gasteiger partial charge in [0.05, 0.1) is 0 Å². The van der Waals surface area contributed by atoms with Crippen molar-refractivity contribution in [2.75, 3.05) is 44.6 Å². The van der Waals surface area contributed by atoms with Gasteiger partial charge in [0, 0.05) is 60.1 Å². The van der Waals surface area contributed by atoms with Gasteiger partial charge < -0.3 is 26.2 Å². The lowest BCUT2D eigenvalue weighted by Crippen LogP contribution is -2.44. The largest absolute Gasteiger partial charge is 0.356 e. The first-order valence-electron chi connectivity index (χ1n) is 11.6. The number of halogens is 2. The molecule has 0 aliphatic carbocycles. The zero-order valence-electron chi connectivity index (χ0n) is 18.7. The molecule has 2 saturated heterocycles. The topological polar surface area (TPSA) is 68.4 Å². The molecule has 176 valence electrons. The number of benzene rings is 2. The van der Waals surface area contributed by atoms with E-state index in [1.54, 1.807) is 6.07 Å². The van der Waals surface area contributed by atoms with Gasteiger partial charge in [0.25, 0.3) is 5.91 Å². The molecular weight excluding hydrogens is 457 g/mol. The third-order valence-electron chi connectivity index (χ3n) is 6.03. The van der Waals surface area contributed by atoms with Crippen LogP contribution in [0.4, 0.5) is 5.69 Å². The van der Waals surface area contributed by atoms with Gasteiger partial charge in [0.1, 0.15) is 5.82 Å². The molecule has 6 nitrogen and oxygen atoms in total. The quantitative estimate of drug-likeness (QED) is 0.454. The van der Waals surface area contributed by atoms with Crippen LogP contribution >= 0.6 is 23.2 Å². The highest BCUT2D eigenvalue weighted by Gasteiger charge is 2.18. The molecule has 2 aliphatic heterocycles. The number of nitrogens with zero attached hydrogens (tertiary/aromatic N) is 1. The van der Waals surface area contributed by atoms with E-state index in [-0.39, 0.29) is 5.91 Å². The Morgan fingerprint density at radius 1 is 1.09 bits per heavy atom. The Labute approximate surface area is 205 Å². The van der Waals surface area contributed by atoms with Gasteiger partial charge >= 0.3 is 0 Å². The molecule has 2 fully saturated rings. The van der Waals surface area contributed by atoms with E-state index in [0.717, 1.165) is 56.2 Å². The zero-order valence-corrected chi connectivity index (χ0v) is 20.2. The summed E-state index contributed by atoms with van der Waals surface area (Å²) in [6.45, 7) is 5.50. The fourth-order valence-electron chi connectivity index (χ4n) is 4.17. The molecule has 1 unspecified atom stereocenters. The van der Waals surface area contributed by atoms with Crippen molar-refractivity contribution < 1.29 is 4.79 Å². The average Bonchev–Trinajstić information content (AvgIpc) is 3.34. The lowest BCUT2D eigenvalue weighted by atomic mass is 10.1. The average molecular weight is 488 g/mol. The van der Waals surface area contributed by atoms with Crippen LogP contribution in [0.2, 0.25) is 10.0 Å². The summed E-state index contributed by atoms with van der Waals surface area (Å²) in [5, 5.41) is 14.7. The predicted molar refractivity (Wildman–Crippen MR) is 136 cm³/mol. The second-order valence-electron chi connectivity index (χ2n) is 8.44. The van der Waals surface area contributed by atoms with Gasteiger partial charge in [-0.05, 0) is 73.8 Å². The van der Waals surface area contributed by atoms with E-state index in [1.807, 2.05) is 36.4 Å². The second kappa shape index (κ2) is 11.7. The SMILES string of the molecule is O=C(NCCc1ccc(Cl)cc1Cl)c1ccc(N/C(=C/C2CCCN2)N2CCNCC2)cc1. The molecule has 4 rings (SSSR count).